The first-order valence-electron chi connectivity index (χ1n) is 9.02. The lowest BCUT2D eigenvalue weighted by atomic mass is 9.88. The average Bonchev–Trinajstić information content (AvgIpc) is 2.91. The maximum Gasteiger partial charge on any atom is 0.332 e. The van der Waals surface area contributed by atoms with Crippen LogP contribution in [-0.4, -0.2) is 31.5 Å². The molecule has 25 heavy (non-hydrogen) atoms. The maximum absolute atomic E-state index is 12.9. The summed E-state index contributed by atoms with van der Waals surface area (Å²) < 4.78 is 2.56. The van der Waals surface area contributed by atoms with Crippen molar-refractivity contribution < 1.29 is 0 Å². The summed E-state index contributed by atoms with van der Waals surface area (Å²) in [6, 6.07) is 0. The molecule has 134 valence electrons. The zero-order chi connectivity index (χ0) is 17.8. The molecule has 2 aliphatic rings. The van der Waals surface area contributed by atoms with Crippen LogP contribution in [0.15, 0.2) is 9.59 Å². The normalized spacial score (nSPS) is 18.6. The number of nitrogens with one attached hydrogen (secondary N) is 1. The molecule has 1 fully saturated rings. The van der Waals surface area contributed by atoms with Gasteiger partial charge < -0.3 is 10.2 Å². The SMILES string of the molecule is CCCN1c2c(nnc3c2c(=O)n(C)c(=O)n3C)NC12CCCCC2. The molecule has 3 heterocycles. The minimum absolute atomic E-state index is 0.181. The summed E-state index contributed by atoms with van der Waals surface area (Å²) in [7, 11) is 3.15. The second kappa shape index (κ2) is 5.57. The van der Waals surface area contributed by atoms with Crippen molar-refractivity contribution in [3.05, 3.63) is 20.8 Å². The Morgan fingerprint density at radius 2 is 1.80 bits per heavy atom. The van der Waals surface area contributed by atoms with E-state index in [4.69, 9.17) is 0 Å². The second-order valence-corrected chi connectivity index (χ2v) is 7.17. The molecule has 8 nitrogen and oxygen atoms in total. The van der Waals surface area contributed by atoms with Crippen molar-refractivity contribution in [1.82, 2.24) is 19.3 Å². The monoisotopic (exact) mass is 344 g/mol. The summed E-state index contributed by atoms with van der Waals surface area (Å²) in [5.41, 5.74) is 0.291. The third-order valence-electron chi connectivity index (χ3n) is 5.61. The summed E-state index contributed by atoms with van der Waals surface area (Å²) in [4.78, 5) is 27.5. The first kappa shape index (κ1) is 16.1. The molecule has 0 aromatic carbocycles. The number of nitrogens with zero attached hydrogens (tertiary/aromatic N) is 5. The van der Waals surface area contributed by atoms with E-state index in [1.807, 2.05) is 0 Å². The van der Waals surface area contributed by atoms with Gasteiger partial charge in [0.05, 0.1) is 0 Å². The number of rotatable bonds is 2. The topological polar surface area (TPSA) is 85.1 Å². The smallest absolute Gasteiger partial charge is 0.332 e. The number of anilines is 2. The van der Waals surface area contributed by atoms with Crippen LogP contribution in [0.25, 0.3) is 11.0 Å². The molecule has 1 spiro atoms. The highest BCUT2D eigenvalue weighted by Crippen LogP contribution is 2.47. The fraction of sp³-hybridized carbons (Fsp3) is 0.647. The molecular formula is C17H24N6O2. The molecule has 1 saturated carbocycles. The molecule has 0 bridgehead atoms. The van der Waals surface area contributed by atoms with Crippen LogP contribution in [-0.2, 0) is 14.1 Å². The highest BCUT2D eigenvalue weighted by molar-refractivity contribution is 5.97. The van der Waals surface area contributed by atoms with Gasteiger partial charge in [0.1, 0.15) is 16.7 Å². The summed E-state index contributed by atoms with van der Waals surface area (Å²) in [5.74, 6) is 0.665. The van der Waals surface area contributed by atoms with Gasteiger partial charge in [-0.25, -0.2) is 4.79 Å². The van der Waals surface area contributed by atoms with Crippen LogP contribution in [0.5, 0.6) is 0 Å². The van der Waals surface area contributed by atoms with E-state index in [-0.39, 0.29) is 16.9 Å². The molecule has 0 atom stereocenters. The Bertz CT molecular complexity index is 954. The number of fused-ring (bicyclic) bond motifs is 3. The third-order valence-corrected chi connectivity index (χ3v) is 5.61. The van der Waals surface area contributed by atoms with Crippen molar-refractivity contribution in [2.75, 3.05) is 16.8 Å². The minimum atomic E-state index is -0.382. The molecule has 1 aliphatic heterocycles. The van der Waals surface area contributed by atoms with E-state index in [0.717, 1.165) is 48.9 Å². The van der Waals surface area contributed by atoms with Gasteiger partial charge in [0.15, 0.2) is 11.5 Å². The Balaban J connectivity index is 2.04. The fourth-order valence-corrected chi connectivity index (χ4v) is 4.35. The zero-order valence-corrected chi connectivity index (χ0v) is 15.0. The zero-order valence-electron chi connectivity index (χ0n) is 15.0. The Kier molecular flexibility index (Phi) is 3.59. The number of hydrogen-bond donors (Lipinski definition) is 1. The lowest BCUT2D eigenvalue weighted by Crippen LogP contribution is -2.52. The Labute approximate surface area is 145 Å². The number of aromatic nitrogens is 4. The van der Waals surface area contributed by atoms with Crippen molar-refractivity contribution >= 4 is 22.5 Å². The third kappa shape index (κ3) is 2.12. The van der Waals surface area contributed by atoms with Crippen LogP contribution >= 0.6 is 0 Å². The molecule has 0 radical (unpaired) electrons. The maximum atomic E-state index is 12.9. The quantitative estimate of drug-likeness (QED) is 0.885. The molecule has 8 heteroatoms. The molecule has 2 aromatic heterocycles. The van der Waals surface area contributed by atoms with Crippen LogP contribution in [0, 0.1) is 0 Å². The van der Waals surface area contributed by atoms with Crippen LogP contribution in [0.1, 0.15) is 45.4 Å². The summed E-state index contributed by atoms with van der Waals surface area (Å²) in [6.07, 6.45) is 6.57. The molecule has 0 unspecified atom stereocenters. The van der Waals surface area contributed by atoms with E-state index in [1.165, 1.54) is 18.0 Å². The molecule has 0 saturated heterocycles. The highest BCUT2D eigenvalue weighted by atomic mass is 16.2. The van der Waals surface area contributed by atoms with E-state index >= 15 is 0 Å². The molecule has 0 amide bonds. The minimum Gasteiger partial charge on any atom is -0.345 e. The van der Waals surface area contributed by atoms with Crippen LogP contribution in [0.2, 0.25) is 0 Å². The summed E-state index contributed by atoms with van der Waals surface area (Å²) in [5, 5.41) is 12.6. The highest BCUT2D eigenvalue weighted by Gasteiger charge is 2.46. The first-order valence-corrected chi connectivity index (χ1v) is 9.02. The van der Waals surface area contributed by atoms with E-state index in [2.05, 4.69) is 27.3 Å². The van der Waals surface area contributed by atoms with Gasteiger partial charge in [0.25, 0.3) is 5.56 Å². The van der Waals surface area contributed by atoms with Crippen molar-refractivity contribution in [1.29, 1.82) is 0 Å². The van der Waals surface area contributed by atoms with E-state index in [0.29, 0.717) is 16.9 Å². The fourth-order valence-electron chi connectivity index (χ4n) is 4.35. The van der Waals surface area contributed by atoms with Gasteiger partial charge in [-0.05, 0) is 32.1 Å². The van der Waals surface area contributed by atoms with Gasteiger partial charge in [0, 0.05) is 20.6 Å². The Morgan fingerprint density at radius 3 is 2.48 bits per heavy atom. The van der Waals surface area contributed by atoms with Crippen LogP contribution < -0.4 is 21.5 Å². The number of aryl methyl sites for hydroxylation is 1. The van der Waals surface area contributed by atoms with Gasteiger partial charge in [-0.1, -0.05) is 13.3 Å². The van der Waals surface area contributed by atoms with Gasteiger partial charge in [-0.2, -0.15) is 0 Å². The first-order chi connectivity index (χ1) is 12.0. The van der Waals surface area contributed by atoms with E-state index < -0.39 is 0 Å². The number of hydrogen-bond acceptors (Lipinski definition) is 6. The van der Waals surface area contributed by atoms with Crippen LogP contribution in [0.3, 0.4) is 0 Å². The van der Waals surface area contributed by atoms with Crippen molar-refractivity contribution in [2.24, 2.45) is 14.1 Å². The van der Waals surface area contributed by atoms with E-state index in [9.17, 15) is 9.59 Å². The van der Waals surface area contributed by atoms with Gasteiger partial charge >= 0.3 is 5.69 Å². The molecule has 2 aromatic rings. The molecular weight excluding hydrogens is 320 g/mol. The lowest BCUT2D eigenvalue weighted by Gasteiger charge is -2.42. The predicted molar refractivity (Wildman–Crippen MR) is 97.1 cm³/mol. The molecule has 1 aliphatic carbocycles. The standard InChI is InChI=1S/C17H24N6O2/c1-4-10-23-12-11-14(21(2)16(25)22(3)15(11)24)20-19-13(12)18-17(23)8-6-5-7-9-17/h4-10H2,1-3H3,(H,18,19). The van der Waals surface area contributed by atoms with E-state index in [1.54, 1.807) is 7.05 Å². The average molecular weight is 344 g/mol. The Hall–Kier alpha value is -2.38. The van der Waals surface area contributed by atoms with Gasteiger partial charge in [0.2, 0.25) is 0 Å². The predicted octanol–water partition coefficient (Wildman–Crippen LogP) is 1.33. The molecule has 4 rings (SSSR count). The van der Waals surface area contributed by atoms with Gasteiger partial charge in [-0.3, -0.25) is 13.9 Å². The van der Waals surface area contributed by atoms with Crippen molar-refractivity contribution in [2.45, 2.75) is 51.1 Å². The van der Waals surface area contributed by atoms with Crippen LogP contribution in [0.4, 0.5) is 11.5 Å². The lowest BCUT2D eigenvalue weighted by molar-refractivity contribution is 0.318. The van der Waals surface area contributed by atoms with Crippen molar-refractivity contribution in [3.63, 3.8) is 0 Å². The largest absolute Gasteiger partial charge is 0.345 e. The van der Waals surface area contributed by atoms with Gasteiger partial charge in [-0.15, -0.1) is 10.2 Å². The second-order valence-electron chi connectivity index (χ2n) is 7.17. The molecule has 1 N–H and O–H groups in total. The Morgan fingerprint density at radius 1 is 1.08 bits per heavy atom. The van der Waals surface area contributed by atoms with Crippen molar-refractivity contribution in [3.8, 4) is 0 Å². The summed E-state index contributed by atoms with van der Waals surface area (Å²) >= 11 is 0. The summed E-state index contributed by atoms with van der Waals surface area (Å²) in [6.45, 7) is 2.98.